The molecule has 2 aromatic heterocycles. The molecule has 3 aliphatic heterocycles. The van der Waals surface area contributed by atoms with Crippen molar-refractivity contribution in [3.8, 4) is 11.3 Å². The molecule has 0 aliphatic carbocycles. The van der Waals surface area contributed by atoms with Crippen molar-refractivity contribution in [2.45, 2.75) is 18.9 Å². The van der Waals surface area contributed by atoms with Gasteiger partial charge >= 0.3 is 5.91 Å². The molecule has 6 heteroatoms. The molecule has 3 aliphatic rings. The van der Waals surface area contributed by atoms with Crippen molar-refractivity contribution in [2.24, 2.45) is 5.92 Å². The minimum absolute atomic E-state index is 0.121. The summed E-state index contributed by atoms with van der Waals surface area (Å²) in [7, 11) is 0. The van der Waals surface area contributed by atoms with Gasteiger partial charge in [-0.15, -0.1) is 0 Å². The van der Waals surface area contributed by atoms with Gasteiger partial charge in [0.1, 0.15) is 0 Å². The van der Waals surface area contributed by atoms with Crippen molar-refractivity contribution >= 4 is 5.91 Å². The van der Waals surface area contributed by atoms with Gasteiger partial charge in [0.05, 0.1) is 6.20 Å². The molecule has 5 rings (SSSR count). The summed E-state index contributed by atoms with van der Waals surface area (Å²) in [5, 5.41) is 3.08. The number of piperidine rings is 3. The van der Waals surface area contributed by atoms with Crippen LogP contribution in [0.3, 0.4) is 0 Å². The molecule has 0 radical (unpaired) electrons. The number of fused-ring (bicyclic) bond motifs is 3. The van der Waals surface area contributed by atoms with Crippen LogP contribution >= 0.6 is 0 Å². The molecule has 0 spiro atoms. The lowest BCUT2D eigenvalue weighted by Gasteiger charge is -2.44. The molecule has 1 unspecified atom stereocenters. The number of hydrogen-bond acceptors (Lipinski definition) is 5. The minimum Gasteiger partial charge on any atom is -0.432 e. The maximum Gasteiger partial charge on any atom is 0.307 e. The van der Waals surface area contributed by atoms with Gasteiger partial charge in [0.2, 0.25) is 0 Å². The SMILES string of the molecule is O=C(NC1CN2CCC1CC2)c1ncc(-c2cccnc2)o1. The predicted molar refractivity (Wildman–Crippen MR) is 80.2 cm³/mol. The number of pyridine rings is 1. The Morgan fingerprint density at radius 1 is 1.32 bits per heavy atom. The summed E-state index contributed by atoms with van der Waals surface area (Å²) in [6, 6.07) is 3.91. The third-order valence-electron chi connectivity index (χ3n) is 4.62. The van der Waals surface area contributed by atoms with E-state index < -0.39 is 0 Å². The largest absolute Gasteiger partial charge is 0.432 e. The molecule has 2 bridgehead atoms. The highest BCUT2D eigenvalue weighted by molar-refractivity contribution is 5.90. The molecular formula is C16H18N4O2. The summed E-state index contributed by atoms with van der Waals surface area (Å²) in [4.78, 5) is 22.9. The number of rotatable bonds is 3. The van der Waals surface area contributed by atoms with E-state index in [2.05, 4.69) is 20.2 Å². The fraction of sp³-hybridized carbons (Fsp3) is 0.438. The van der Waals surface area contributed by atoms with Gasteiger partial charge in [-0.2, -0.15) is 0 Å². The van der Waals surface area contributed by atoms with Gasteiger partial charge in [-0.05, 0) is 44.0 Å². The van der Waals surface area contributed by atoms with Crippen LogP contribution in [0.1, 0.15) is 23.5 Å². The lowest BCUT2D eigenvalue weighted by atomic mass is 9.84. The minimum atomic E-state index is -0.228. The second-order valence-corrected chi connectivity index (χ2v) is 5.99. The van der Waals surface area contributed by atoms with E-state index in [9.17, 15) is 4.79 Å². The van der Waals surface area contributed by atoms with E-state index in [4.69, 9.17) is 4.42 Å². The molecular weight excluding hydrogens is 280 g/mol. The molecule has 1 amide bonds. The summed E-state index contributed by atoms with van der Waals surface area (Å²) in [6.45, 7) is 3.25. The highest BCUT2D eigenvalue weighted by Crippen LogP contribution is 2.27. The summed E-state index contributed by atoms with van der Waals surface area (Å²) < 4.78 is 5.58. The van der Waals surface area contributed by atoms with E-state index in [1.54, 1.807) is 18.6 Å². The van der Waals surface area contributed by atoms with Crippen molar-refractivity contribution in [3.05, 3.63) is 36.6 Å². The first-order valence-electron chi connectivity index (χ1n) is 7.69. The van der Waals surface area contributed by atoms with Crippen molar-refractivity contribution in [3.63, 3.8) is 0 Å². The average Bonchev–Trinajstić information content (AvgIpc) is 3.07. The Morgan fingerprint density at radius 2 is 2.18 bits per heavy atom. The van der Waals surface area contributed by atoms with E-state index in [-0.39, 0.29) is 17.8 Å². The average molecular weight is 298 g/mol. The second-order valence-electron chi connectivity index (χ2n) is 5.99. The summed E-state index contributed by atoms with van der Waals surface area (Å²) >= 11 is 0. The maximum absolute atomic E-state index is 12.3. The van der Waals surface area contributed by atoms with Gasteiger partial charge in [0.25, 0.3) is 5.89 Å². The Kier molecular flexibility index (Phi) is 3.38. The predicted octanol–water partition coefficient (Wildman–Crippen LogP) is 1.56. The fourth-order valence-electron chi connectivity index (χ4n) is 3.38. The van der Waals surface area contributed by atoms with Crippen LogP contribution in [0.25, 0.3) is 11.3 Å². The molecule has 1 atom stereocenters. The Morgan fingerprint density at radius 3 is 2.86 bits per heavy atom. The molecule has 3 saturated heterocycles. The van der Waals surface area contributed by atoms with E-state index in [0.717, 1.165) is 38.0 Å². The molecule has 6 nitrogen and oxygen atoms in total. The first kappa shape index (κ1) is 13.5. The number of aromatic nitrogens is 2. The standard InChI is InChI=1S/C16H18N4O2/c21-15(19-13-10-20-6-3-11(13)4-7-20)16-18-9-14(22-16)12-2-1-5-17-8-12/h1-2,5,8-9,11,13H,3-4,6-7,10H2,(H,19,21). The molecule has 2 aromatic rings. The van der Waals surface area contributed by atoms with Crippen LogP contribution in [0.2, 0.25) is 0 Å². The molecule has 3 fully saturated rings. The van der Waals surface area contributed by atoms with Gasteiger partial charge in [-0.3, -0.25) is 9.78 Å². The summed E-state index contributed by atoms with van der Waals surface area (Å²) in [6.07, 6.45) is 7.29. The number of carbonyl (C=O) groups excluding carboxylic acids is 1. The molecule has 0 aromatic carbocycles. The van der Waals surface area contributed by atoms with Gasteiger partial charge in [-0.25, -0.2) is 4.98 Å². The molecule has 5 heterocycles. The summed E-state index contributed by atoms with van der Waals surface area (Å²) in [5.74, 6) is 1.04. The topological polar surface area (TPSA) is 71.3 Å². The Labute approximate surface area is 128 Å². The van der Waals surface area contributed by atoms with Gasteiger partial charge in [0, 0.05) is 30.5 Å². The van der Waals surface area contributed by atoms with Crippen molar-refractivity contribution in [1.29, 1.82) is 0 Å². The van der Waals surface area contributed by atoms with Crippen LogP contribution in [0.5, 0.6) is 0 Å². The number of nitrogens with zero attached hydrogens (tertiary/aromatic N) is 3. The van der Waals surface area contributed by atoms with Crippen molar-refractivity contribution in [1.82, 2.24) is 20.2 Å². The Hall–Kier alpha value is -2.21. The first-order chi connectivity index (χ1) is 10.8. The first-order valence-corrected chi connectivity index (χ1v) is 7.69. The van der Waals surface area contributed by atoms with Gasteiger partial charge in [0.15, 0.2) is 5.76 Å². The van der Waals surface area contributed by atoms with E-state index in [0.29, 0.717) is 11.7 Å². The van der Waals surface area contributed by atoms with Crippen LogP contribution < -0.4 is 5.32 Å². The second kappa shape index (κ2) is 5.53. The number of nitrogens with one attached hydrogen (secondary N) is 1. The van der Waals surface area contributed by atoms with Gasteiger partial charge in [-0.1, -0.05) is 0 Å². The lowest BCUT2D eigenvalue weighted by Crippen LogP contribution is -2.57. The monoisotopic (exact) mass is 298 g/mol. The van der Waals surface area contributed by atoms with Crippen LogP contribution in [0.15, 0.2) is 35.1 Å². The Balaban J connectivity index is 1.46. The highest BCUT2D eigenvalue weighted by Gasteiger charge is 2.35. The summed E-state index contributed by atoms with van der Waals surface area (Å²) in [5.41, 5.74) is 0.817. The van der Waals surface area contributed by atoms with Crippen molar-refractivity contribution in [2.75, 3.05) is 19.6 Å². The fourth-order valence-corrected chi connectivity index (χ4v) is 3.38. The van der Waals surface area contributed by atoms with Crippen molar-refractivity contribution < 1.29 is 9.21 Å². The highest BCUT2D eigenvalue weighted by atomic mass is 16.4. The van der Waals surface area contributed by atoms with Crippen LogP contribution in [-0.4, -0.2) is 46.5 Å². The number of oxazole rings is 1. The third kappa shape index (κ3) is 2.50. The van der Waals surface area contributed by atoms with Crippen LogP contribution in [-0.2, 0) is 0 Å². The van der Waals surface area contributed by atoms with Crippen LogP contribution in [0.4, 0.5) is 0 Å². The van der Waals surface area contributed by atoms with Crippen LogP contribution in [0, 0.1) is 5.92 Å². The quantitative estimate of drug-likeness (QED) is 0.931. The Bertz CT molecular complexity index is 662. The van der Waals surface area contributed by atoms with E-state index >= 15 is 0 Å². The molecule has 0 saturated carbocycles. The maximum atomic E-state index is 12.3. The van der Waals surface area contributed by atoms with Gasteiger partial charge < -0.3 is 14.6 Å². The normalized spacial score (nSPS) is 26.8. The number of hydrogen-bond donors (Lipinski definition) is 1. The van der Waals surface area contributed by atoms with E-state index in [1.807, 2.05) is 12.1 Å². The molecule has 114 valence electrons. The zero-order valence-electron chi connectivity index (χ0n) is 12.2. The number of carbonyl (C=O) groups is 1. The lowest BCUT2D eigenvalue weighted by molar-refractivity contribution is 0.0602. The number of amides is 1. The molecule has 22 heavy (non-hydrogen) atoms. The van der Waals surface area contributed by atoms with E-state index in [1.165, 1.54) is 0 Å². The third-order valence-corrected chi connectivity index (χ3v) is 4.62. The zero-order valence-corrected chi connectivity index (χ0v) is 12.2. The molecule has 1 N–H and O–H groups in total. The smallest absolute Gasteiger partial charge is 0.307 e. The zero-order chi connectivity index (χ0) is 14.9.